The number of likely N-dealkylation sites (tertiary alicyclic amines) is 1. The van der Waals surface area contributed by atoms with Crippen molar-refractivity contribution in [1.82, 2.24) is 14.8 Å². The number of anilines is 1. The molecule has 3 heterocycles. The van der Waals surface area contributed by atoms with E-state index in [-0.39, 0.29) is 17.7 Å². The van der Waals surface area contributed by atoms with Crippen LogP contribution in [-0.2, 0) is 20.7 Å². The van der Waals surface area contributed by atoms with Gasteiger partial charge < -0.3 is 15.0 Å². The number of aryl methyl sites for hydroxylation is 1. The van der Waals surface area contributed by atoms with Gasteiger partial charge in [-0.3, -0.25) is 14.5 Å². The van der Waals surface area contributed by atoms with Crippen molar-refractivity contribution in [2.24, 2.45) is 5.92 Å². The topological polar surface area (TPSA) is 74.8 Å². The SMILES string of the molecule is Cc1cccc(Cc2cnc(NC(=O)CN3CCCC(C(=O)N4CCOCC4)C3)s2)c1. The maximum absolute atomic E-state index is 12.8. The lowest BCUT2D eigenvalue weighted by atomic mass is 9.96. The minimum atomic E-state index is -0.0732. The molecule has 2 saturated heterocycles. The Balaban J connectivity index is 1.26. The molecule has 2 aromatic rings. The van der Waals surface area contributed by atoms with Gasteiger partial charge in [0.1, 0.15) is 0 Å². The molecule has 0 aliphatic carbocycles. The van der Waals surface area contributed by atoms with Crippen LogP contribution >= 0.6 is 11.3 Å². The molecule has 31 heavy (non-hydrogen) atoms. The molecule has 4 rings (SSSR count). The molecule has 0 saturated carbocycles. The summed E-state index contributed by atoms with van der Waals surface area (Å²) in [6, 6.07) is 8.42. The monoisotopic (exact) mass is 442 g/mol. The first-order chi connectivity index (χ1) is 15.1. The van der Waals surface area contributed by atoms with Gasteiger partial charge in [0.2, 0.25) is 11.8 Å². The summed E-state index contributed by atoms with van der Waals surface area (Å²) >= 11 is 1.51. The lowest BCUT2D eigenvalue weighted by Gasteiger charge is -2.35. The molecule has 2 aliphatic rings. The third-order valence-electron chi connectivity index (χ3n) is 5.81. The van der Waals surface area contributed by atoms with Crippen molar-refractivity contribution in [1.29, 1.82) is 0 Å². The summed E-state index contributed by atoms with van der Waals surface area (Å²) in [5, 5.41) is 3.56. The minimum absolute atomic E-state index is 0.0274. The van der Waals surface area contributed by atoms with Crippen LogP contribution in [0.5, 0.6) is 0 Å². The number of piperidine rings is 1. The van der Waals surface area contributed by atoms with Gasteiger partial charge in [-0.25, -0.2) is 4.98 Å². The van der Waals surface area contributed by atoms with Gasteiger partial charge in [0.15, 0.2) is 5.13 Å². The van der Waals surface area contributed by atoms with Gasteiger partial charge >= 0.3 is 0 Å². The molecule has 0 spiro atoms. The van der Waals surface area contributed by atoms with Crippen LogP contribution < -0.4 is 5.32 Å². The fraction of sp³-hybridized carbons (Fsp3) is 0.522. The molecule has 7 nitrogen and oxygen atoms in total. The Hall–Kier alpha value is -2.29. The van der Waals surface area contributed by atoms with Crippen LogP contribution in [0.2, 0.25) is 0 Å². The molecule has 2 amide bonds. The van der Waals surface area contributed by atoms with Crippen LogP contribution in [-0.4, -0.2) is 72.5 Å². The van der Waals surface area contributed by atoms with E-state index >= 15 is 0 Å². The third kappa shape index (κ3) is 6.12. The first-order valence-corrected chi connectivity index (χ1v) is 11.8. The van der Waals surface area contributed by atoms with Crippen LogP contribution in [0.1, 0.15) is 28.8 Å². The predicted molar refractivity (Wildman–Crippen MR) is 121 cm³/mol. The second kappa shape index (κ2) is 10.3. The second-order valence-electron chi connectivity index (χ2n) is 8.36. The Kier molecular flexibility index (Phi) is 7.32. The summed E-state index contributed by atoms with van der Waals surface area (Å²) in [4.78, 5) is 34.8. The van der Waals surface area contributed by atoms with Gasteiger partial charge in [-0.1, -0.05) is 29.8 Å². The van der Waals surface area contributed by atoms with E-state index in [4.69, 9.17) is 4.74 Å². The van der Waals surface area contributed by atoms with Gasteiger partial charge in [-0.15, -0.1) is 11.3 Å². The first kappa shape index (κ1) is 21.9. The summed E-state index contributed by atoms with van der Waals surface area (Å²) in [5.74, 6) is 0.102. The van der Waals surface area contributed by atoms with Gasteiger partial charge in [-0.2, -0.15) is 0 Å². The van der Waals surface area contributed by atoms with Crippen LogP contribution in [0.4, 0.5) is 5.13 Å². The minimum Gasteiger partial charge on any atom is -0.378 e. The average Bonchev–Trinajstić information content (AvgIpc) is 3.20. The Bertz CT molecular complexity index is 910. The van der Waals surface area contributed by atoms with Gasteiger partial charge in [0.05, 0.1) is 25.7 Å². The quantitative estimate of drug-likeness (QED) is 0.744. The molecular formula is C23H30N4O3S. The Morgan fingerprint density at radius 1 is 1.26 bits per heavy atom. The van der Waals surface area contributed by atoms with E-state index < -0.39 is 0 Å². The van der Waals surface area contributed by atoms with Crippen molar-refractivity contribution in [3.63, 3.8) is 0 Å². The highest BCUT2D eigenvalue weighted by Gasteiger charge is 2.30. The molecule has 1 unspecified atom stereocenters. The molecule has 2 fully saturated rings. The third-order valence-corrected chi connectivity index (χ3v) is 6.72. The van der Waals surface area contributed by atoms with E-state index in [1.807, 2.05) is 11.1 Å². The number of carbonyl (C=O) groups excluding carboxylic acids is 2. The molecule has 1 N–H and O–H groups in total. The molecule has 166 valence electrons. The average molecular weight is 443 g/mol. The molecular weight excluding hydrogens is 412 g/mol. The lowest BCUT2D eigenvalue weighted by Crippen LogP contribution is -2.49. The Morgan fingerprint density at radius 3 is 2.90 bits per heavy atom. The zero-order valence-corrected chi connectivity index (χ0v) is 18.8. The fourth-order valence-corrected chi connectivity index (χ4v) is 5.14. The first-order valence-electron chi connectivity index (χ1n) is 11.0. The molecule has 2 aliphatic heterocycles. The summed E-state index contributed by atoms with van der Waals surface area (Å²) in [5.41, 5.74) is 2.48. The van der Waals surface area contributed by atoms with Crippen molar-refractivity contribution in [2.75, 3.05) is 51.3 Å². The van der Waals surface area contributed by atoms with Crippen LogP contribution in [0, 0.1) is 12.8 Å². The fourth-order valence-electron chi connectivity index (χ4n) is 4.27. The highest BCUT2D eigenvalue weighted by molar-refractivity contribution is 7.15. The number of hydrogen-bond acceptors (Lipinski definition) is 6. The number of ether oxygens (including phenoxy) is 1. The van der Waals surface area contributed by atoms with Crippen molar-refractivity contribution in [2.45, 2.75) is 26.2 Å². The number of morpholine rings is 1. The zero-order valence-electron chi connectivity index (χ0n) is 18.0. The number of hydrogen-bond donors (Lipinski definition) is 1. The van der Waals surface area contributed by atoms with E-state index in [2.05, 4.69) is 46.4 Å². The molecule has 1 aromatic heterocycles. The number of benzene rings is 1. The number of amides is 2. The smallest absolute Gasteiger partial charge is 0.240 e. The van der Waals surface area contributed by atoms with Crippen molar-refractivity contribution in [3.05, 3.63) is 46.5 Å². The standard InChI is InChI=1S/C23H30N4O3S/c1-17-4-2-5-18(12-17)13-20-14-24-23(31-20)25-21(28)16-26-7-3-6-19(15-26)22(29)27-8-10-30-11-9-27/h2,4-5,12,14,19H,3,6-11,13,15-16H2,1H3,(H,24,25,28). The Labute approximate surface area is 187 Å². The lowest BCUT2D eigenvalue weighted by molar-refractivity contribution is -0.141. The van der Waals surface area contributed by atoms with Crippen LogP contribution in [0.3, 0.4) is 0 Å². The number of carbonyl (C=O) groups is 2. The van der Waals surface area contributed by atoms with Gasteiger partial charge in [0, 0.05) is 37.1 Å². The molecule has 0 radical (unpaired) electrons. The summed E-state index contributed by atoms with van der Waals surface area (Å²) in [6.07, 6.45) is 4.47. The molecule has 8 heteroatoms. The summed E-state index contributed by atoms with van der Waals surface area (Å²) < 4.78 is 5.35. The maximum atomic E-state index is 12.8. The number of nitrogens with zero attached hydrogens (tertiary/aromatic N) is 3. The van der Waals surface area contributed by atoms with Crippen molar-refractivity contribution >= 4 is 28.3 Å². The number of thiazole rings is 1. The van der Waals surface area contributed by atoms with Crippen molar-refractivity contribution in [3.8, 4) is 0 Å². The molecule has 0 bridgehead atoms. The maximum Gasteiger partial charge on any atom is 0.240 e. The number of aromatic nitrogens is 1. The summed E-state index contributed by atoms with van der Waals surface area (Å²) in [7, 11) is 0. The highest BCUT2D eigenvalue weighted by atomic mass is 32.1. The largest absolute Gasteiger partial charge is 0.378 e. The number of nitrogens with one attached hydrogen (secondary N) is 1. The van der Waals surface area contributed by atoms with E-state index in [1.165, 1.54) is 22.5 Å². The van der Waals surface area contributed by atoms with E-state index in [0.717, 1.165) is 30.7 Å². The van der Waals surface area contributed by atoms with Crippen LogP contribution in [0.15, 0.2) is 30.5 Å². The van der Waals surface area contributed by atoms with E-state index in [0.29, 0.717) is 44.5 Å². The van der Waals surface area contributed by atoms with E-state index in [9.17, 15) is 9.59 Å². The highest BCUT2D eigenvalue weighted by Crippen LogP contribution is 2.23. The van der Waals surface area contributed by atoms with Crippen LogP contribution in [0.25, 0.3) is 0 Å². The van der Waals surface area contributed by atoms with Gasteiger partial charge in [-0.05, 0) is 31.9 Å². The normalized spacial score (nSPS) is 19.9. The van der Waals surface area contributed by atoms with E-state index in [1.54, 1.807) is 0 Å². The number of rotatable bonds is 6. The predicted octanol–water partition coefficient (Wildman–Crippen LogP) is 2.55. The zero-order chi connectivity index (χ0) is 21.6. The molecule has 1 atom stereocenters. The molecule has 1 aromatic carbocycles. The van der Waals surface area contributed by atoms with Gasteiger partial charge in [0.25, 0.3) is 0 Å². The Morgan fingerprint density at radius 2 is 2.10 bits per heavy atom. The summed E-state index contributed by atoms with van der Waals surface area (Å²) in [6.45, 7) is 6.43. The van der Waals surface area contributed by atoms with Crippen molar-refractivity contribution < 1.29 is 14.3 Å². The second-order valence-corrected chi connectivity index (χ2v) is 9.47.